The molecular formula is C18H29N5O3S. The average molecular weight is 396 g/mol. The molecule has 27 heavy (non-hydrogen) atoms. The van der Waals surface area contributed by atoms with Crippen molar-refractivity contribution in [1.29, 1.82) is 0 Å². The molecule has 9 heteroatoms. The lowest BCUT2D eigenvalue weighted by Crippen LogP contribution is -2.47. The van der Waals surface area contributed by atoms with Gasteiger partial charge in [0.1, 0.15) is 0 Å². The van der Waals surface area contributed by atoms with E-state index in [-0.39, 0.29) is 12.6 Å². The van der Waals surface area contributed by atoms with E-state index in [1.807, 2.05) is 13.1 Å². The molecule has 1 atom stereocenters. The van der Waals surface area contributed by atoms with Crippen LogP contribution in [-0.2, 0) is 21.3 Å². The average Bonchev–Trinajstić information content (AvgIpc) is 3.19. The first-order valence-electron chi connectivity index (χ1n) is 9.39. The molecule has 8 nitrogen and oxygen atoms in total. The predicted octanol–water partition coefficient (Wildman–Crippen LogP) is 0.206. The summed E-state index contributed by atoms with van der Waals surface area (Å²) < 4.78 is 33.2. The number of piperazine rings is 1. The fraction of sp³-hybridized carbons (Fsp3) is 0.611. The molecule has 150 valence electrons. The topological polar surface area (TPSA) is 100 Å². The minimum atomic E-state index is -3.53. The van der Waals surface area contributed by atoms with E-state index in [0.717, 1.165) is 32.5 Å². The SMILES string of the molecule is CN1CCN(S(=O)(=O)c2ccccc2CN=C(N)NCC2CCCO2)CC1. The molecule has 1 aromatic rings. The Labute approximate surface area is 161 Å². The summed E-state index contributed by atoms with van der Waals surface area (Å²) in [6, 6.07) is 7.01. The van der Waals surface area contributed by atoms with E-state index in [4.69, 9.17) is 10.5 Å². The summed E-state index contributed by atoms with van der Waals surface area (Å²) in [4.78, 5) is 6.76. The van der Waals surface area contributed by atoms with E-state index in [9.17, 15) is 8.42 Å². The Morgan fingerprint density at radius 2 is 2.04 bits per heavy atom. The summed E-state index contributed by atoms with van der Waals surface area (Å²) in [5.74, 6) is 0.303. The number of sulfonamides is 1. The zero-order valence-electron chi connectivity index (χ0n) is 15.8. The van der Waals surface area contributed by atoms with E-state index in [1.165, 1.54) is 0 Å². The van der Waals surface area contributed by atoms with Gasteiger partial charge in [-0.15, -0.1) is 0 Å². The molecule has 3 N–H and O–H groups in total. The Kier molecular flexibility index (Phi) is 6.69. The number of hydrogen-bond donors (Lipinski definition) is 2. The van der Waals surface area contributed by atoms with Crippen LogP contribution in [0.3, 0.4) is 0 Å². The van der Waals surface area contributed by atoms with Gasteiger partial charge in [-0.1, -0.05) is 18.2 Å². The van der Waals surface area contributed by atoms with Crippen molar-refractivity contribution in [3.63, 3.8) is 0 Å². The van der Waals surface area contributed by atoms with Gasteiger partial charge >= 0.3 is 0 Å². The molecule has 1 aromatic carbocycles. The minimum absolute atomic E-state index is 0.170. The molecule has 2 aliphatic heterocycles. The predicted molar refractivity (Wildman–Crippen MR) is 105 cm³/mol. The van der Waals surface area contributed by atoms with Crippen molar-refractivity contribution >= 4 is 16.0 Å². The summed E-state index contributed by atoms with van der Waals surface area (Å²) in [6.45, 7) is 4.10. The van der Waals surface area contributed by atoms with Crippen molar-refractivity contribution in [2.45, 2.75) is 30.4 Å². The van der Waals surface area contributed by atoms with Gasteiger partial charge in [-0.25, -0.2) is 13.4 Å². The molecule has 0 amide bonds. The van der Waals surface area contributed by atoms with E-state index in [1.54, 1.807) is 22.5 Å². The molecule has 3 rings (SSSR count). The fourth-order valence-corrected chi connectivity index (χ4v) is 4.94. The number of benzene rings is 1. The first kappa shape index (κ1) is 20.1. The van der Waals surface area contributed by atoms with Crippen LogP contribution in [0.1, 0.15) is 18.4 Å². The maximum absolute atomic E-state index is 13.1. The normalized spacial score (nSPS) is 22.9. The summed E-state index contributed by atoms with van der Waals surface area (Å²) in [5.41, 5.74) is 6.59. The van der Waals surface area contributed by atoms with E-state index >= 15 is 0 Å². The maximum Gasteiger partial charge on any atom is 0.243 e. The molecule has 0 radical (unpaired) electrons. The number of nitrogens with one attached hydrogen (secondary N) is 1. The number of hydrogen-bond acceptors (Lipinski definition) is 5. The summed E-state index contributed by atoms with van der Waals surface area (Å²) in [6.07, 6.45) is 2.26. The molecule has 0 spiro atoms. The number of ether oxygens (including phenoxy) is 1. The van der Waals surface area contributed by atoms with Crippen LogP contribution in [0.4, 0.5) is 0 Å². The molecule has 0 saturated carbocycles. The lowest BCUT2D eigenvalue weighted by molar-refractivity contribution is 0.114. The number of nitrogens with two attached hydrogens (primary N) is 1. The van der Waals surface area contributed by atoms with Gasteiger partial charge in [-0.05, 0) is 31.5 Å². The molecule has 0 aromatic heterocycles. The standard InChI is InChI=1S/C18H29N5O3S/c1-22-8-10-23(11-9-22)27(24,25)17-7-3-2-5-15(17)13-20-18(19)21-14-16-6-4-12-26-16/h2-3,5,7,16H,4,6,8-14H2,1H3,(H3,19,20,21). The van der Waals surface area contributed by atoms with Gasteiger partial charge in [0.2, 0.25) is 10.0 Å². The van der Waals surface area contributed by atoms with Gasteiger partial charge in [0.25, 0.3) is 0 Å². The Morgan fingerprint density at radius 3 is 2.74 bits per heavy atom. The van der Waals surface area contributed by atoms with Crippen molar-refractivity contribution in [2.24, 2.45) is 10.7 Å². The Bertz CT molecular complexity index is 754. The van der Waals surface area contributed by atoms with Gasteiger partial charge in [0, 0.05) is 39.3 Å². The Morgan fingerprint density at radius 1 is 1.30 bits per heavy atom. The van der Waals surface area contributed by atoms with Crippen LogP contribution in [-0.4, -0.2) is 76.1 Å². The third-order valence-electron chi connectivity index (χ3n) is 5.01. The maximum atomic E-state index is 13.1. The van der Waals surface area contributed by atoms with Crippen LogP contribution in [0.2, 0.25) is 0 Å². The van der Waals surface area contributed by atoms with E-state index < -0.39 is 10.0 Å². The van der Waals surface area contributed by atoms with Crippen molar-refractivity contribution in [3.05, 3.63) is 29.8 Å². The first-order valence-corrected chi connectivity index (χ1v) is 10.8. The first-order chi connectivity index (χ1) is 13.0. The highest BCUT2D eigenvalue weighted by molar-refractivity contribution is 7.89. The van der Waals surface area contributed by atoms with Gasteiger partial charge in [-0.3, -0.25) is 0 Å². The molecule has 1 unspecified atom stereocenters. The van der Waals surface area contributed by atoms with Crippen LogP contribution in [0.5, 0.6) is 0 Å². The largest absolute Gasteiger partial charge is 0.376 e. The molecule has 2 saturated heterocycles. The van der Waals surface area contributed by atoms with Crippen LogP contribution in [0.15, 0.2) is 34.2 Å². The van der Waals surface area contributed by atoms with Crippen molar-refractivity contribution < 1.29 is 13.2 Å². The van der Waals surface area contributed by atoms with Crippen LogP contribution >= 0.6 is 0 Å². The van der Waals surface area contributed by atoms with Crippen molar-refractivity contribution in [1.82, 2.24) is 14.5 Å². The van der Waals surface area contributed by atoms with Gasteiger partial charge < -0.3 is 20.7 Å². The number of nitrogens with zero attached hydrogens (tertiary/aromatic N) is 3. The molecule has 2 aliphatic rings. The van der Waals surface area contributed by atoms with Crippen LogP contribution < -0.4 is 11.1 Å². The van der Waals surface area contributed by atoms with Crippen molar-refractivity contribution in [2.75, 3.05) is 46.4 Å². The number of aliphatic imine (C=N–C) groups is 1. The second-order valence-corrected chi connectivity index (χ2v) is 8.94. The molecule has 0 aliphatic carbocycles. The van der Waals surface area contributed by atoms with Gasteiger partial charge in [0.15, 0.2) is 5.96 Å². The highest BCUT2D eigenvalue weighted by Gasteiger charge is 2.29. The second kappa shape index (κ2) is 9.01. The Hall–Kier alpha value is -1.68. The lowest BCUT2D eigenvalue weighted by Gasteiger charge is -2.32. The summed E-state index contributed by atoms with van der Waals surface area (Å²) in [5, 5.41) is 3.06. The monoisotopic (exact) mass is 395 g/mol. The highest BCUT2D eigenvalue weighted by atomic mass is 32.2. The van der Waals surface area contributed by atoms with Gasteiger partial charge in [0.05, 0.1) is 17.5 Å². The zero-order chi connectivity index (χ0) is 19.3. The summed E-state index contributed by atoms with van der Waals surface area (Å²) >= 11 is 0. The fourth-order valence-electron chi connectivity index (χ4n) is 3.30. The minimum Gasteiger partial charge on any atom is -0.376 e. The smallest absolute Gasteiger partial charge is 0.243 e. The van der Waals surface area contributed by atoms with E-state index in [2.05, 4.69) is 15.2 Å². The third kappa shape index (κ3) is 5.19. The summed E-state index contributed by atoms with van der Waals surface area (Å²) in [7, 11) is -1.53. The molecule has 2 heterocycles. The zero-order valence-corrected chi connectivity index (χ0v) is 16.6. The quantitative estimate of drug-likeness (QED) is 0.527. The second-order valence-electron chi connectivity index (χ2n) is 7.03. The number of guanidine groups is 1. The van der Waals surface area contributed by atoms with Gasteiger partial charge in [-0.2, -0.15) is 4.31 Å². The lowest BCUT2D eigenvalue weighted by atomic mass is 10.2. The highest BCUT2D eigenvalue weighted by Crippen LogP contribution is 2.22. The third-order valence-corrected chi connectivity index (χ3v) is 7.01. The molecule has 0 bridgehead atoms. The van der Waals surface area contributed by atoms with Crippen molar-refractivity contribution in [3.8, 4) is 0 Å². The van der Waals surface area contributed by atoms with Crippen LogP contribution in [0.25, 0.3) is 0 Å². The number of likely N-dealkylation sites (N-methyl/N-ethyl adjacent to an activating group) is 1. The molecular weight excluding hydrogens is 366 g/mol. The Balaban J connectivity index is 1.67. The number of rotatable bonds is 6. The van der Waals surface area contributed by atoms with E-state index in [0.29, 0.717) is 36.1 Å². The van der Waals surface area contributed by atoms with Crippen LogP contribution in [0, 0.1) is 0 Å². The molecule has 2 fully saturated rings.